The van der Waals surface area contributed by atoms with Gasteiger partial charge in [0.15, 0.2) is 0 Å². The van der Waals surface area contributed by atoms with Gasteiger partial charge in [0, 0.05) is 43.7 Å². The number of aryl methyl sites for hydroxylation is 1. The summed E-state index contributed by atoms with van der Waals surface area (Å²) in [6.45, 7) is 7.33. The second-order valence-corrected chi connectivity index (χ2v) is 8.04. The Kier molecular flexibility index (Phi) is 6.35. The molecule has 1 aliphatic heterocycles. The SMILES string of the molecule is Cc1c(CNC(=O)NC(CN2CCN(C)CC2)c2ccccc2)oc2ccccc12. The highest BCUT2D eigenvalue weighted by molar-refractivity contribution is 5.82. The number of benzene rings is 2. The molecule has 6 nitrogen and oxygen atoms in total. The van der Waals surface area contributed by atoms with Gasteiger partial charge in [-0.2, -0.15) is 0 Å². The van der Waals surface area contributed by atoms with Gasteiger partial charge in [-0.25, -0.2) is 4.79 Å². The van der Waals surface area contributed by atoms with E-state index in [2.05, 4.69) is 39.6 Å². The zero-order valence-electron chi connectivity index (χ0n) is 17.7. The van der Waals surface area contributed by atoms with E-state index < -0.39 is 0 Å². The first-order chi connectivity index (χ1) is 14.6. The van der Waals surface area contributed by atoms with Gasteiger partial charge in [-0.05, 0) is 25.6 Å². The average Bonchev–Trinajstić information content (AvgIpc) is 3.10. The lowest BCUT2D eigenvalue weighted by molar-refractivity contribution is 0.142. The van der Waals surface area contributed by atoms with Crippen LogP contribution >= 0.6 is 0 Å². The van der Waals surface area contributed by atoms with Crippen LogP contribution in [0.15, 0.2) is 59.0 Å². The van der Waals surface area contributed by atoms with Crippen LogP contribution in [0.5, 0.6) is 0 Å². The van der Waals surface area contributed by atoms with Crippen LogP contribution in [-0.4, -0.2) is 55.6 Å². The molecular weight excluding hydrogens is 376 g/mol. The van der Waals surface area contributed by atoms with Crippen molar-refractivity contribution in [1.29, 1.82) is 0 Å². The van der Waals surface area contributed by atoms with Gasteiger partial charge in [-0.3, -0.25) is 4.90 Å². The molecule has 1 aliphatic rings. The maximum atomic E-state index is 12.7. The number of nitrogens with one attached hydrogen (secondary N) is 2. The summed E-state index contributed by atoms with van der Waals surface area (Å²) in [5.41, 5.74) is 3.04. The van der Waals surface area contributed by atoms with E-state index in [9.17, 15) is 4.79 Å². The Morgan fingerprint density at radius 1 is 1.03 bits per heavy atom. The zero-order chi connectivity index (χ0) is 20.9. The molecule has 0 radical (unpaired) electrons. The molecule has 0 saturated carbocycles. The van der Waals surface area contributed by atoms with Crippen LogP contribution in [0.4, 0.5) is 4.79 Å². The van der Waals surface area contributed by atoms with Crippen LogP contribution in [0.25, 0.3) is 11.0 Å². The number of urea groups is 1. The molecular formula is C24H30N4O2. The van der Waals surface area contributed by atoms with E-state index in [1.807, 2.05) is 49.4 Å². The molecule has 0 bridgehead atoms. The molecule has 2 amide bonds. The number of furan rings is 1. The summed E-state index contributed by atoms with van der Waals surface area (Å²) in [6.07, 6.45) is 0. The second kappa shape index (κ2) is 9.32. The predicted molar refractivity (Wildman–Crippen MR) is 119 cm³/mol. The fourth-order valence-corrected chi connectivity index (χ4v) is 3.97. The topological polar surface area (TPSA) is 60.8 Å². The van der Waals surface area contributed by atoms with Crippen LogP contribution in [0.3, 0.4) is 0 Å². The van der Waals surface area contributed by atoms with Gasteiger partial charge < -0.3 is 20.0 Å². The number of para-hydroxylation sites is 1. The summed E-state index contributed by atoms with van der Waals surface area (Å²) in [7, 11) is 2.15. The number of hydrogen-bond donors (Lipinski definition) is 2. The number of piperazine rings is 1. The summed E-state index contributed by atoms with van der Waals surface area (Å²) >= 11 is 0. The van der Waals surface area contributed by atoms with Crippen molar-refractivity contribution in [3.63, 3.8) is 0 Å². The Bertz CT molecular complexity index is 977. The molecule has 1 unspecified atom stereocenters. The van der Waals surface area contributed by atoms with E-state index in [0.717, 1.165) is 60.6 Å². The molecule has 4 rings (SSSR count). The Labute approximate surface area is 177 Å². The van der Waals surface area contributed by atoms with Crippen molar-refractivity contribution in [1.82, 2.24) is 20.4 Å². The van der Waals surface area contributed by atoms with Crippen molar-refractivity contribution in [2.75, 3.05) is 39.8 Å². The van der Waals surface area contributed by atoms with E-state index in [4.69, 9.17) is 4.42 Å². The third-order valence-corrected chi connectivity index (χ3v) is 5.90. The van der Waals surface area contributed by atoms with Gasteiger partial charge in [0.05, 0.1) is 12.6 Å². The number of hydrogen-bond acceptors (Lipinski definition) is 4. The Hall–Kier alpha value is -2.83. The van der Waals surface area contributed by atoms with Crippen molar-refractivity contribution in [3.05, 3.63) is 71.5 Å². The molecule has 0 spiro atoms. The standard InChI is InChI=1S/C24H30N4O2/c1-18-20-10-6-7-11-22(20)30-23(18)16-25-24(29)26-21(19-8-4-3-5-9-19)17-28-14-12-27(2)13-15-28/h3-11,21H,12-17H2,1-2H3,(H2,25,26,29). The molecule has 6 heteroatoms. The third-order valence-electron chi connectivity index (χ3n) is 5.90. The maximum Gasteiger partial charge on any atom is 0.315 e. The van der Waals surface area contributed by atoms with Gasteiger partial charge in [0.1, 0.15) is 11.3 Å². The number of amides is 2. The summed E-state index contributed by atoms with van der Waals surface area (Å²) in [4.78, 5) is 17.5. The number of likely N-dealkylation sites (N-methyl/N-ethyl adjacent to an activating group) is 1. The third kappa shape index (κ3) is 4.83. The molecule has 1 aromatic heterocycles. The van der Waals surface area contributed by atoms with Crippen molar-refractivity contribution in [2.45, 2.75) is 19.5 Å². The van der Waals surface area contributed by atoms with Gasteiger partial charge in [0.25, 0.3) is 0 Å². The highest BCUT2D eigenvalue weighted by atomic mass is 16.3. The van der Waals surface area contributed by atoms with E-state index in [1.54, 1.807) is 0 Å². The monoisotopic (exact) mass is 406 g/mol. The quantitative estimate of drug-likeness (QED) is 0.658. The number of rotatable bonds is 6. The lowest BCUT2D eigenvalue weighted by Crippen LogP contribution is -2.48. The predicted octanol–water partition coefficient (Wildman–Crippen LogP) is 3.53. The first-order valence-electron chi connectivity index (χ1n) is 10.6. The minimum atomic E-state index is -0.183. The summed E-state index contributed by atoms with van der Waals surface area (Å²) < 4.78 is 5.92. The smallest absolute Gasteiger partial charge is 0.315 e. The molecule has 1 atom stereocenters. The highest BCUT2D eigenvalue weighted by Crippen LogP contribution is 2.24. The van der Waals surface area contributed by atoms with Crippen LogP contribution < -0.4 is 10.6 Å². The molecule has 2 N–H and O–H groups in total. The second-order valence-electron chi connectivity index (χ2n) is 8.04. The molecule has 158 valence electrons. The van der Waals surface area contributed by atoms with Crippen molar-refractivity contribution >= 4 is 17.0 Å². The molecule has 2 heterocycles. The van der Waals surface area contributed by atoms with Crippen LogP contribution in [-0.2, 0) is 6.54 Å². The van der Waals surface area contributed by atoms with E-state index >= 15 is 0 Å². The molecule has 3 aromatic rings. The minimum Gasteiger partial charge on any atom is -0.459 e. The van der Waals surface area contributed by atoms with Gasteiger partial charge >= 0.3 is 6.03 Å². The molecule has 0 aliphatic carbocycles. The van der Waals surface area contributed by atoms with Gasteiger partial charge in [-0.15, -0.1) is 0 Å². The molecule has 1 saturated heterocycles. The summed E-state index contributed by atoms with van der Waals surface area (Å²) in [5, 5.41) is 7.23. The number of fused-ring (bicyclic) bond motifs is 1. The normalized spacial score (nSPS) is 16.5. The summed E-state index contributed by atoms with van der Waals surface area (Å²) in [6, 6.07) is 17.9. The lowest BCUT2D eigenvalue weighted by Gasteiger charge is -2.35. The first-order valence-corrected chi connectivity index (χ1v) is 10.6. The van der Waals surface area contributed by atoms with Crippen molar-refractivity contribution in [2.24, 2.45) is 0 Å². The van der Waals surface area contributed by atoms with Crippen molar-refractivity contribution < 1.29 is 9.21 Å². The van der Waals surface area contributed by atoms with Crippen LogP contribution in [0, 0.1) is 6.92 Å². The first kappa shape index (κ1) is 20.4. The minimum absolute atomic E-state index is 0.0635. The fraction of sp³-hybridized carbons (Fsp3) is 0.375. The number of carbonyl (C=O) groups is 1. The Balaban J connectivity index is 1.40. The van der Waals surface area contributed by atoms with E-state index in [-0.39, 0.29) is 12.1 Å². The Morgan fingerprint density at radius 2 is 1.73 bits per heavy atom. The van der Waals surface area contributed by atoms with Crippen molar-refractivity contribution in [3.8, 4) is 0 Å². The van der Waals surface area contributed by atoms with E-state index in [0.29, 0.717) is 6.54 Å². The number of nitrogens with zero attached hydrogens (tertiary/aromatic N) is 2. The zero-order valence-corrected chi connectivity index (χ0v) is 17.7. The molecule has 30 heavy (non-hydrogen) atoms. The summed E-state index contributed by atoms with van der Waals surface area (Å²) in [5.74, 6) is 0.793. The van der Waals surface area contributed by atoms with Gasteiger partial charge in [-0.1, -0.05) is 48.5 Å². The van der Waals surface area contributed by atoms with Crippen LogP contribution in [0.2, 0.25) is 0 Å². The highest BCUT2D eigenvalue weighted by Gasteiger charge is 2.21. The lowest BCUT2D eigenvalue weighted by atomic mass is 10.1. The molecule has 2 aromatic carbocycles. The molecule has 1 fully saturated rings. The van der Waals surface area contributed by atoms with E-state index in [1.165, 1.54) is 0 Å². The largest absolute Gasteiger partial charge is 0.459 e. The fourth-order valence-electron chi connectivity index (χ4n) is 3.97. The van der Waals surface area contributed by atoms with Gasteiger partial charge in [0.2, 0.25) is 0 Å². The average molecular weight is 407 g/mol. The maximum absolute atomic E-state index is 12.7. The number of carbonyl (C=O) groups excluding carboxylic acids is 1. The van der Waals surface area contributed by atoms with Crippen LogP contribution in [0.1, 0.15) is 22.9 Å². The Morgan fingerprint density at radius 3 is 2.47 bits per heavy atom.